The highest BCUT2D eigenvalue weighted by Gasteiger charge is 2.31. The van der Waals surface area contributed by atoms with Crippen molar-refractivity contribution in [1.29, 1.82) is 0 Å². The predicted octanol–water partition coefficient (Wildman–Crippen LogP) is 1.61. The van der Waals surface area contributed by atoms with Gasteiger partial charge in [0.2, 0.25) is 0 Å². The molecule has 0 aromatic heterocycles. The zero-order valence-corrected chi connectivity index (χ0v) is 11.2. The summed E-state index contributed by atoms with van der Waals surface area (Å²) in [5.74, 6) is 0.848. The molecular weight excluding hydrogens is 212 g/mol. The van der Waals surface area contributed by atoms with Gasteiger partial charge >= 0.3 is 0 Å². The van der Waals surface area contributed by atoms with Crippen LogP contribution in [0.4, 0.5) is 0 Å². The topological polar surface area (TPSA) is 35.5 Å². The number of nitrogens with zero attached hydrogens (tertiary/aromatic N) is 1. The molecule has 1 saturated heterocycles. The highest BCUT2D eigenvalue weighted by Crippen LogP contribution is 2.28. The van der Waals surface area contributed by atoms with Crippen molar-refractivity contribution >= 4 is 0 Å². The van der Waals surface area contributed by atoms with Crippen molar-refractivity contribution < 1.29 is 5.11 Å². The SMILES string of the molecule is CCC1CC(NCCO)CN(C2CCCC2)C1. The molecule has 3 nitrogen and oxygen atoms in total. The van der Waals surface area contributed by atoms with Gasteiger partial charge in [0, 0.05) is 31.7 Å². The van der Waals surface area contributed by atoms with Gasteiger partial charge in [-0.05, 0) is 25.2 Å². The van der Waals surface area contributed by atoms with Gasteiger partial charge in [-0.1, -0.05) is 26.2 Å². The third-order valence-corrected chi connectivity index (χ3v) is 4.53. The second-order valence-corrected chi connectivity index (χ2v) is 5.78. The summed E-state index contributed by atoms with van der Waals surface area (Å²) in [6, 6.07) is 1.45. The van der Waals surface area contributed by atoms with Crippen LogP contribution in [-0.2, 0) is 0 Å². The van der Waals surface area contributed by atoms with E-state index in [2.05, 4.69) is 17.1 Å². The number of aliphatic hydroxyl groups excluding tert-OH is 1. The highest BCUT2D eigenvalue weighted by molar-refractivity contribution is 4.88. The second kappa shape index (κ2) is 6.72. The first-order valence-corrected chi connectivity index (χ1v) is 7.41. The quantitative estimate of drug-likeness (QED) is 0.766. The molecule has 0 spiro atoms. The monoisotopic (exact) mass is 240 g/mol. The van der Waals surface area contributed by atoms with Crippen molar-refractivity contribution in [1.82, 2.24) is 10.2 Å². The maximum Gasteiger partial charge on any atom is 0.0556 e. The normalized spacial score (nSPS) is 32.1. The largest absolute Gasteiger partial charge is 0.395 e. The summed E-state index contributed by atoms with van der Waals surface area (Å²) in [6.45, 7) is 5.82. The van der Waals surface area contributed by atoms with Gasteiger partial charge in [-0.3, -0.25) is 4.90 Å². The predicted molar refractivity (Wildman–Crippen MR) is 71.1 cm³/mol. The summed E-state index contributed by atoms with van der Waals surface area (Å²) in [4.78, 5) is 2.72. The lowest BCUT2D eigenvalue weighted by Gasteiger charge is -2.41. The Morgan fingerprint density at radius 1 is 1.24 bits per heavy atom. The van der Waals surface area contributed by atoms with Crippen molar-refractivity contribution in [2.45, 2.75) is 57.5 Å². The molecule has 100 valence electrons. The van der Waals surface area contributed by atoms with Gasteiger partial charge in [-0.2, -0.15) is 0 Å². The fraction of sp³-hybridized carbons (Fsp3) is 1.00. The molecule has 2 N–H and O–H groups in total. The number of likely N-dealkylation sites (tertiary alicyclic amines) is 1. The Balaban J connectivity index is 1.87. The summed E-state index contributed by atoms with van der Waals surface area (Å²) < 4.78 is 0. The van der Waals surface area contributed by atoms with E-state index in [4.69, 9.17) is 5.11 Å². The fourth-order valence-electron chi connectivity index (χ4n) is 3.52. The van der Waals surface area contributed by atoms with Crippen LogP contribution in [0.15, 0.2) is 0 Å². The van der Waals surface area contributed by atoms with Crippen LogP contribution in [0.5, 0.6) is 0 Å². The Kier molecular flexibility index (Phi) is 5.26. The van der Waals surface area contributed by atoms with E-state index in [1.807, 2.05) is 0 Å². The van der Waals surface area contributed by atoms with E-state index in [9.17, 15) is 0 Å². The van der Waals surface area contributed by atoms with Crippen LogP contribution in [0, 0.1) is 5.92 Å². The Morgan fingerprint density at radius 2 is 2.00 bits per heavy atom. The molecule has 1 saturated carbocycles. The third-order valence-electron chi connectivity index (χ3n) is 4.53. The van der Waals surface area contributed by atoms with E-state index in [1.54, 1.807) is 0 Å². The van der Waals surface area contributed by atoms with Crippen LogP contribution in [0.1, 0.15) is 45.4 Å². The molecule has 2 rings (SSSR count). The first-order valence-electron chi connectivity index (χ1n) is 7.41. The van der Waals surface area contributed by atoms with Gasteiger partial charge in [0.1, 0.15) is 0 Å². The molecule has 1 aliphatic carbocycles. The minimum atomic E-state index is 0.261. The highest BCUT2D eigenvalue weighted by atomic mass is 16.3. The number of aliphatic hydroxyl groups is 1. The summed E-state index contributed by atoms with van der Waals surface area (Å²) in [5.41, 5.74) is 0. The lowest BCUT2D eigenvalue weighted by Crippen LogP contribution is -2.52. The van der Waals surface area contributed by atoms with Gasteiger partial charge in [0.15, 0.2) is 0 Å². The zero-order chi connectivity index (χ0) is 12.1. The van der Waals surface area contributed by atoms with Crippen molar-refractivity contribution in [3.63, 3.8) is 0 Å². The van der Waals surface area contributed by atoms with Crippen molar-refractivity contribution in [2.75, 3.05) is 26.2 Å². The van der Waals surface area contributed by atoms with Gasteiger partial charge in [-0.25, -0.2) is 0 Å². The number of hydrogen-bond donors (Lipinski definition) is 2. The molecule has 2 aliphatic rings. The Morgan fingerprint density at radius 3 is 2.65 bits per heavy atom. The first kappa shape index (κ1) is 13.3. The van der Waals surface area contributed by atoms with Crippen LogP contribution < -0.4 is 5.32 Å². The summed E-state index contributed by atoms with van der Waals surface area (Å²) in [6.07, 6.45) is 8.24. The van der Waals surface area contributed by atoms with Crippen LogP contribution in [0.2, 0.25) is 0 Å². The molecule has 1 aliphatic heterocycles. The Labute approximate surface area is 106 Å². The molecule has 1 heterocycles. The number of nitrogens with one attached hydrogen (secondary N) is 1. The zero-order valence-electron chi connectivity index (χ0n) is 11.2. The molecule has 17 heavy (non-hydrogen) atoms. The maximum atomic E-state index is 8.92. The molecule has 2 atom stereocenters. The lowest BCUT2D eigenvalue weighted by atomic mass is 9.91. The van der Waals surface area contributed by atoms with E-state index in [1.165, 1.54) is 51.6 Å². The number of hydrogen-bond acceptors (Lipinski definition) is 3. The van der Waals surface area contributed by atoms with E-state index in [-0.39, 0.29) is 6.61 Å². The van der Waals surface area contributed by atoms with E-state index in [0.29, 0.717) is 6.04 Å². The molecule has 2 unspecified atom stereocenters. The molecule has 0 aromatic rings. The summed E-state index contributed by atoms with van der Waals surface area (Å²) in [5, 5.41) is 12.4. The standard InChI is InChI=1S/C14H28N2O/c1-2-12-9-13(15-7-8-17)11-16(10-12)14-5-3-4-6-14/h12-15,17H,2-11H2,1H3. The number of rotatable bonds is 5. The smallest absolute Gasteiger partial charge is 0.0556 e. The summed E-state index contributed by atoms with van der Waals surface area (Å²) in [7, 11) is 0. The van der Waals surface area contributed by atoms with E-state index >= 15 is 0 Å². The minimum absolute atomic E-state index is 0.261. The first-order chi connectivity index (χ1) is 8.33. The van der Waals surface area contributed by atoms with Crippen LogP contribution >= 0.6 is 0 Å². The number of piperidine rings is 1. The molecule has 0 bridgehead atoms. The minimum Gasteiger partial charge on any atom is -0.395 e. The Hall–Kier alpha value is -0.120. The van der Waals surface area contributed by atoms with Crippen LogP contribution in [0.25, 0.3) is 0 Å². The van der Waals surface area contributed by atoms with Gasteiger partial charge in [0.25, 0.3) is 0 Å². The molecule has 0 aromatic carbocycles. The van der Waals surface area contributed by atoms with Gasteiger partial charge in [-0.15, -0.1) is 0 Å². The van der Waals surface area contributed by atoms with Crippen LogP contribution in [0.3, 0.4) is 0 Å². The average Bonchev–Trinajstić information content (AvgIpc) is 2.89. The fourth-order valence-corrected chi connectivity index (χ4v) is 3.52. The van der Waals surface area contributed by atoms with E-state index in [0.717, 1.165) is 18.5 Å². The van der Waals surface area contributed by atoms with E-state index < -0.39 is 0 Å². The molecule has 0 amide bonds. The van der Waals surface area contributed by atoms with Crippen molar-refractivity contribution in [3.8, 4) is 0 Å². The second-order valence-electron chi connectivity index (χ2n) is 5.78. The van der Waals surface area contributed by atoms with Crippen molar-refractivity contribution in [2.24, 2.45) is 5.92 Å². The van der Waals surface area contributed by atoms with Gasteiger partial charge < -0.3 is 10.4 Å². The summed E-state index contributed by atoms with van der Waals surface area (Å²) >= 11 is 0. The molecule has 2 fully saturated rings. The maximum absolute atomic E-state index is 8.92. The molecular formula is C14H28N2O. The van der Waals surface area contributed by atoms with Crippen molar-refractivity contribution in [3.05, 3.63) is 0 Å². The van der Waals surface area contributed by atoms with Crippen LogP contribution in [-0.4, -0.2) is 48.3 Å². The molecule has 3 heteroatoms. The molecule has 0 radical (unpaired) electrons. The lowest BCUT2D eigenvalue weighted by molar-refractivity contribution is 0.0953. The Bertz CT molecular complexity index is 216. The third kappa shape index (κ3) is 3.67. The average molecular weight is 240 g/mol. The van der Waals surface area contributed by atoms with Gasteiger partial charge in [0.05, 0.1) is 6.61 Å².